The Balaban J connectivity index is 2.46. The van der Waals surface area contributed by atoms with E-state index in [2.05, 4.69) is 14.8 Å². The van der Waals surface area contributed by atoms with E-state index in [0.29, 0.717) is 0 Å². The summed E-state index contributed by atoms with van der Waals surface area (Å²) in [6.45, 7) is 0.00338. The van der Waals surface area contributed by atoms with E-state index < -0.39 is 18.2 Å². The topological polar surface area (TPSA) is 95.3 Å². The lowest BCUT2D eigenvalue weighted by molar-refractivity contribution is -0.141. The van der Waals surface area contributed by atoms with Crippen LogP contribution in [0.5, 0.6) is 0 Å². The second-order valence-corrected chi connectivity index (χ2v) is 2.21. The largest absolute Gasteiger partial charge is 0.459 e. The molecule has 6 nitrogen and oxygen atoms in total. The molecule has 0 spiro atoms. The van der Waals surface area contributed by atoms with Crippen molar-refractivity contribution in [1.82, 2.24) is 0 Å². The summed E-state index contributed by atoms with van der Waals surface area (Å²) in [7, 11) is 0. The van der Waals surface area contributed by atoms with Crippen LogP contribution in [-0.4, -0.2) is 29.8 Å². The smallest absolute Gasteiger partial charge is 0.308 e. The van der Waals surface area contributed by atoms with Crippen LogP contribution in [0.25, 0.3) is 10.4 Å². The highest BCUT2D eigenvalue weighted by atomic mass is 16.6. The van der Waals surface area contributed by atoms with E-state index in [0.717, 1.165) is 0 Å². The number of hydrogen-bond acceptors (Lipinski definition) is 4. The maximum atomic E-state index is 10.5. The van der Waals surface area contributed by atoms with Crippen LogP contribution in [-0.2, 0) is 9.53 Å². The molecule has 2 atom stereocenters. The number of esters is 1. The highest BCUT2D eigenvalue weighted by molar-refractivity contribution is 5.72. The Bertz CT molecular complexity index is 211. The minimum absolute atomic E-state index is 0.00338. The summed E-state index contributed by atoms with van der Waals surface area (Å²) in [5, 5.41) is 12.2. The number of aliphatic hydroxyl groups excluding tert-OH is 1. The zero-order valence-corrected chi connectivity index (χ0v) is 5.67. The zero-order valence-electron chi connectivity index (χ0n) is 5.67. The van der Waals surface area contributed by atoms with E-state index in [9.17, 15) is 4.79 Å². The molecule has 6 heteroatoms. The fourth-order valence-corrected chi connectivity index (χ4v) is 0.874. The summed E-state index contributed by atoms with van der Waals surface area (Å²) in [6.07, 6.45) is -1.49. The van der Waals surface area contributed by atoms with Crippen molar-refractivity contribution in [2.24, 2.45) is 5.11 Å². The fraction of sp³-hybridized carbons (Fsp3) is 0.800. The van der Waals surface area contributed by atoms with Gasteiger partial charge in [0.15, 0.2) is 0 Å². The molecule has 1 aliphatic heterocycles. The number of cyclic esters (lactones) is 1. The van der Waals surface area contributed by atoms with Crippen LogP contribution >= 0.6 is 0 Å². The van der Waals surface area contributed by atoms with Crippen molar-refractivity contribution in [3.8, 4) is 0 Å². The molecule has 1 saturated heterocycles. The van der Waals surface area contributed by atoms with E-state index in [4.69, 9.17) is 10.6 Å². The summed E-state index contributed by atoms with van der Waals surface area (Å²) in [4.78, 5) is 13.0. The minimum atomic E-state index is -0.826. The van der Waals surface area contributed by atoms with Crippen molar-refractivity contribution < 1.29 is 14.6 Å². The lowest BCUT2D eigenvalue weighted by Crippen LogP contribution is -2.23. The van der Waals surface area contributed by atoms with Gasteiger partial charge < -0.3 is 9.84 Å². The van der Waals surface area contributed by atoms with Gasteiger partial charge >= 0.3 is 5.97 Å². The lowest BCUT2D eigenvalue weighted by Gasteiger charge is -2.07. The predicted octanol–water partition coefficient (Wildman–Crippen LogP) is -0.0269. The molecule has 1 fully saturated rings. The predicted molar refractivity (Wildman–Crippen MR) is 34.5 cm³/mol. The molecule has 11 heavy (non-hydrogen) atoms. The third-order valence-corrected chi connectivity index (χ3v) is 1.41. The molecule has 0 aliphatic carbocycles. The van der Waals surface area contributed by atoms with Crippen molar-refractivity contribution in [2.75, 3.05) is 6.54 Å². The maximum absolute atomic E-state index is 10.5. The Morgan fingerprint density at radius 2 is 2.64 bits per heavy atom. The first-order valence-corrected chi connectivity index (χ1v) is 3.12. The Morgan fingerprint density at radius 3 is 3.09 bits per heavy atom. The fourth-order valence-electron chi connectivity index (χ4n) is 0.874. The Labute approximate surface area is 62.4 Å². The summed E-state index contributed by atoms with van der Waals surface area (Å²) < 4.78 is 4.62. The summed E-state index contributed by atoms with van der Waals surface area (Å²) in [6, 6.07) is 0. The van der Waals surface area contributed by atoms with Gasteiger partial charge in [0.05, 0.1) is 13.0 Å². The Hall–Kier alpha value is -1.26. The van der Waals surface area contributed by atoms with E-state index in [1.165, 1.54) is 0 Å². The van der Waals surface area contributed by atoms with Gasteiger partial charge in [-0.1, -0.05) is 5.11 Å². The molecule has 1 heterocycles. The number of nitrogens with zero attached hydrogens (tertiary/aromatic N) is 3. The van der Waals surface area contributed by atoms with Crippen LogP contribution in [0.15, 0.2) is 5.11 Å². The monoisotopic (exact) mass is 157 g/mol. The molecule has 1 aliphatic rings. The summed E-state index contributed by atoms with van der Waals surface area (Å²) in [5.74, 6) is -0.448. The van der Waals surface area contributed by atoms with Crippen molar-refractivity contribution >= 4 is 5.97 Å². The molecule has 0 saturated carbocycles. The van der Waals surface area contributed by atoms with Gasteiger partial charge in [0.2, 0.25) is 0 Å². The number of rotatable bonds is 2. The average Bonchev–Trinajstić information content (AvgIpc) is 2.26. The maximum Gasteiger partial charge on any atom is 0.308 e. The second kappa shape index (κ2) is 3.23. The third kappa shape index (κ3) is 1.83. The van der Waals surface area contributed by atoms with Crippen molar-refractivity contribution in [3.63, 3.8) is 0 Å². The van der Waals surface area contributed by atoms with Gasteiger partial charge in [-0.3, -0.25) is 4.79 Å². The van der Waals surface area contributed by atoms with E-state index in [1.807, 2.05) is 0 Å². The molecule has 0 aromatic rings. The quantitative estimate of drug-likeness (QED) is 0.264. The van der Waals surface area contributed by atoms with Crippen LogP contribution in [0, 0.1) is 0 Å². The van der Waals surface area contributed by atoms with Crippen LogP contribution in [0.2, 0.25) is 0 Å². The second-order valence-electron chi connectivity index (χ2n) is 2.21. The molecule has 1 N–H and O–H groups in total. The van der Waals surface area contributed by atoms with Gasteiger partial charge in [-0.15, -0.1) is 0 Å². The average molecular weight is 157 g/mol. The van der Waals surface area contributed by atoms with Gasteiger partial charge in [-0.2, -0.15) is 0 Å². The number of carbonyl (C=O) groups excluding carboxylic acids is 1. The summed E-state index contributed by atoms with van der Waals surface area (Å²) in [5.41, 5.74) is 7.91. The highest BCUT2D eigenvalue weighted by Gasteiger charge is 2.32. The molecular weight excluding hydrogens is 150 g/mol. The normalized spacial score (nSPS) is 29.4. The molecule has 0 unspecified atom stereocenters. The number of hydrogen-bond donors (Lipinski definition) is 1. The Morgan fingerprint density at radius 1 is 1.91 bits per heavy atom. The van der Waals surface area contributed by atoms with Gasteiger partial charge in [0, 0.05) is 4.91 Å². The summed E-state index contributed by atoms with van der Waals surface area (Å²) >= 11 is 0. The van der Waals surface area contributed by atoms with Crippen molar-refractivity contribution in [2.45, 2.75) is 18.6 Å². The molecule has 60 valence electrons. The molecular formula is C5H7N3O3. The van der Waals surface area contributed by atoms with Crippen LogP contribution in [0.4, 0.5) is 0 Å². The molecule has 1 rings (SSSR count). The van der Waals surface area contributed by atoms with Crippen LogP contribution in [0.1, 0.15) is 6.42 Å². The zero-order chi connectivity index (χ0) is 8.27. The first kappa shape index (κ1) is 7.84. The first-order valence-electron chi connectivity index (χ1n) is 3.12. The van der Waals surface area contributed by atoms with E-state index >= 15 is 0 Å². The van der Waals surface area contributed by atoms with Gasteiger partial charge in [-0.05, 0) is 5.53 Å². The van der Waals surface area contributed by atoms with Gasteiger partial charge in [0.25, 0.3) is 0 Å². The van der Waals surface area contributed by atoms with E-state index in [1.54, 1.807) is 0 Å². The number of carbonyl (C=O) groups is 1. The number of azide groups is 1. The number of ether oxygens (including phenoxy) is 1. The molecule has 0 bridgehead atoms. The molecule has 0 amide bonds. The first-order chi connectivity index (χ1) is 5.24. The standard InChI is InChI=1S/C5H7N3O3/c6-8-7-2-4-3(9)1-5(10)11-4/h3-4,9H,1-2H2/t3-,4+/m0/s1. The lowest BCUT2D eigenvalue weighted by atomic mass is 10.2. The highest BCUT2D eigenvalue weighted by Crippen LogP contribution is 2.14. The van der Waals surface area contributed by atoms with Crippen molar-refractivity contribution in [3.05, 3.63) is 10.4 Å². The number of aliphatic hydroxyl groups is 1. The van der Waals surface area contributed by atoms with E-state index in [-0.39, 0.29) is 13.0 Å². The van der Waals surface area contributed by atoms with Gasteiger partial charge in [-0.25, -0.2) is 0 Å². The van der Waals surface area contributed by atoms with Crippen molar-refractivity contribution in [1.29, 1.82) is 0 Å². The van der Waals surface area contributed by atoms with Gasteiger partial charge in [0.1, 0.15) is 12.2 Å². The van der Waals surface area contributed by atoms with Crippen LogP contribution in [0.3, 0.4) is 0 Å². The minimum Gasteiger partial charge on any atom is -0.459 e. The van der Waals surface area contributed by atoms with Crippen LogP contribution < -0.4 is 0 Å². The Kier molecular flexibility index (Phi) is 2.30. The SMILES string of the molecule is [N-]=[N+]=NC[C@H]1OC(=O)C[C@@H]1O. The molecule has 0 radical (unpaired) electrons. The molecule has 0 aromatic carbocycles. The third-order valence-electron chi connectivity index (χ3n) is 1.41. The molecule has 0 aromatic heterocycles.